The molecule has 0 saturated heterocycles. The zero-order valence-corrected chi connectivity index (χ0v) is 21.7. The fraction of sp³-hybridized carbons (Fsp3) is 1.00. The summed E-state index contributed by atoms with van der Waals surface area (Å²) in [6.45, 7) is -0.940. The Morgan fingerprint density at radius 1 is 0.676 bits per heavy atom. The second-order valence-corrected chi connectivity index (χ2v) is 11.2. The van der Waals surface area contributed by atoms with Gasteiger partial charge in [0.15, 0.2) is 6.10 Å². The van der Waals surface area contributed by atoms with Gasteiger partial charge in [-0.2, -0.15) is 21.7 Å². The van der Waals surface area contributed by atoms with Crippen molar-refractivity contribution in [2.24, 2.45) is 0 Å². The highest BCUT2D eigenvalue weighted by molar-refractivity contribution is 7.81. The van der Waals surface area contributed by atoms with Crippen LogP contribution >= 0.6 is 15.6 Å². The topological polar surface area (TPSA) is 327 Å². The molecular weight excluding hydrogens is 610 g/mol. The monoisotopic (exact) mass is 634 g/mol. The van der Waals surface area contributed by atoms with Gasteiger partial charge in [0, 0.05) is 7.11 Å². The van der Waals surface area contributed by atoms with Crippen LogP contribution in [0, 0.1) is 0 Å². The molecule has 0 aromatic carbocycles. The summed E-state index contributed by atoms with van der Waals surface area (Å²) in [5.41, 5.74) is 0. The Balaban J connectivity index is 3.68. The van der Waals surface area contributed by atoms with Crippen molar-refractivity contribution < 1.29 is 101 Å². The molecule has 1 saturated carbocycles. The van der Waals surface area contributed by atoms with Crippen molar-refractivity contribution in [1.29, 1.82) is 0 Å². The lowest BCUT2D eigenvalue weighted by atomic mass is 9.85. The van der Waals surface area contributed by atoms with E-state index in [1.54, 1.807) is 0 Å². The van der Waals surface area contributed by atoms with Gasteiger partial charge in [0.05, 0.1) is 26.4 Å². The molecule has 0 aliphatic heterocycles. The van der Waals surface area contributed by atoms with Gasteiger partial charge < -0.3 is 33.8 Å². The van der Waals surface area contributed by atoms with Crippen LogP contribution in [0.15, 0.2) is 0 Å². The first kappa shape index (κ1) is 34.7. The second-order valence-electron chi connectivity index (χ2n) is 6.67. The van der Waals surface area contributed by atoms with Crippen molar-refractivity contribution in [3.63, 3.8) is 0 Å². The molecule has 7 N–H and O–H groups in total. The lowest BCUT2D eigenvalue weighted by Gasteiger charge is -2.46. The maximum Gasteiger partial charge on any atom is 0.470 e. The van der Waals surface area contributed by atoms with E-state index in [-0.39, 0.29) is 19.8 Å². The number of phosphoric acid groups is 2. The molecule has 22 nitrogen and oxygen atoms in total. The van der Waals surface area contributed by atoms with Crippen molar-refractivity contribution in [2.75, 3.05) is 33.5 Å². The largest absolute Gasteiger partial charge is 0.470 e. The Morgan fingerprint density at radius 3 is 1.46 bits per heavy atom. The Labute approximate surface area is 208 Å². The van der Waals surface area contributed by atoms with E-state index in [1.165, 1.54) is 7.11 Å². The summed E-state index contributed by atoms with van der Waals surface area (Å²) in [4.78, 5) is 41.2. The fourth-order valence-electron chi connectivity index (χ4n) is 3.01. The third-order valence-electron chi connectivity index (χ3n) is 4.05. The zero-order chi connectivity index (χ0) is 28.7. The van der Waals surface area contributed by atoms with E-state index in [0.717, 1.165) is 0 Å². The van der Waals surface area contributed by atoms with Crippen LogP contribution in [0.1, 0.15) is 0 Å². The third kappa shape index (κ3) is 13.6. The number of ether oxygens (including phenoxy) is 3. The Bertz CT molecular complexity index is 934. The third-order valence-corrected chi connectivity index (χ3v) is 6.02. The number of phosphoric ester groups is 2. The number of methoxy groups -OCH3 is 1. The zero-order valence-electron chi connectivity index (χ0n) is 18.3. The highest BCUT2D eigenvalue weighted by Gasteiger charge is 2.60. The number of hydrogen-bond acceptors (Lipinski definition) is 16. The first-order chi connectivity index (χ1) is 16.8. The molecular formula is C11H24O22P2S2. The molecule has 1 aliphatic rings. The van der Waals surface area contributed by atoms with E-state index in [0.29, 0.717) is 0 Å². The summed E-state index contributed by atoms with van der Waals surface area (Å²) in [6.07, 6.45) is -15.6. The van der Waals surface area contributed by atoms with E-state index >= 15 is 0 Å². The lowest BCUT2D eigenvalue weighted by Crippen LogP contribution is -2.67. The molecule has 1 rings (SSSR count). The highest BCUT2D eigenvalue weighted by atomic mass is 32.3. The minimum absolute atomic E-state index is 0.0158. The second kappa shape index (κ2) is 14.4. The average molecular weight is 634 g/mol. The number of rotatable bonds is 17. The summed E-state index contributed by atoms with van der Waals surface area (Å²) in [6, 6.07) is 0. The maximum atomic E-state index is 11.5. The van der Waals surface area contributed by atoms with Gasteiger partial charge in [-0.1, -0.05) is 5.04 Å². The van der Waals surface area contributed by atoms with Gasteiger partial charge in [0.1, 0.15) is 30.5 Å². The summed E-state index contributed by atoms with van der Waals surface area (Å²) in [7, 11) is -21.4. The van der Waals surface area contributed by atoms with Crippen LogP contribution in [0.2, 0.25) is 0 Å². The van der Waals surface area contributed by atoms with Crippen LogP contribution < -0.4 is 0 Å². The summed E-state index contributed by atoms with van der Waals surface area (Å²) >= 11 is 0. The average Bonchev–Trinajstić information content (AvgIpc) is 2.68. The van der Waals surface area contributed by atoms with Crippen LogP contribution in [0.5, 0.6) is 0 Å². The molecule has 1 fully saturated rings. The fourth-order valence-corrected chi connectivity index (χ4v) is 5.13. The summed E-state index contributed by atoms with van der Waals surface area (Å²) < 4.78 is 120. The molecule has 6 atom stereocenters. The molecule has 0 amide bonds. The molecule has 0 spiro atoms. The SMILES string of the molecule is COCCOCCOC1C(OS(=O)(=O)O)[C@H](OP(=O)(O)O)C(OOO)C(OP(=O)(O)O)[C@@H]1OS(=O)(=O)O. The van der Waals surface area contributed by atoms with E-state index in [9.17, 15) is 54.6 Å². The van der Waals surface area contributed by atoms with Crippen LogP contribution in [-0.2, 0) is 71.5 Å². The van der Waals surface area contributed by atoms with Crippen LogP contribution in [-0.4, -0.2) is 121 Å². The number of hydrogen-bond donors (Lipinski definition) is 7. The van der Waals surface area contributed by atoms with Crippen LogP contribution in [0.4, 0.5) is 0 Å². The van der Waals surface area contributed by atoms with Crippen molar-refractivity contribution in [1.82, 2.24) is 0 Å². The standard InChI is InChI=1S/C11H24O22P2S2/c1-25-2-3-26-4-5-27-6-10(31-36(19,20)21)8(29-34(13,14)15)7(28-33-12)9(30-35(16,17)18)11(6)32-37(22,23)24/h6-12H,2-5H2,1H3,(H2,13,14,15)(H2,16,17,18)(H,19,20,21)(H,22,23,24)/t6?,7?,8-,9?,10?,11-/m1/s1. The van der Waals surface area contributed by atoms with E-state index < -0.39 is 79.7 Å². The van der Waals surface area contributed by atoms with E-state index in [2.05, 4.69) is 27.3 Å². The molecule has 4 unspecified atom stereocenters. The molecule has 0 aromatic heterocycles. The van der Waals surface area contributed by atoms with Crippen molar-refractivity contribution in [2.45, 2.75) is 36.6 Å². The predicted molar refractivity (Wildman–Crippen MR) is 108 cm³/mol. The van der Waals surface area contributed by atoms with Crippen molar-refractivity contribution in [3.8, 4) is 0 Å². The molecule has 26 heteroatoms. The molecule has 0 bridgehead atoms. The van der Waals surface area contributed by atoms with Crippen LogP contribution in [0.3, 0.4) is 0 Å². The first-order valence-electron chi connectivity index (χ1n) is 9.22. The van der Waals surface area contributed by atoms with Gasteiger partial charge in [-0.25, -0.2) is 22.8 Å². The normalized spacial score (nSPS) is 27.9. The van der Waals surface area contributed by atoms with E-state index in [4.69, 9.17) is 19.5 Å². The van der Waals surface area contributed by atoms with Gasteiger partial charge in [-0.05, 0) is 0 Å². The molecule has 1 aliphatic carbocycles. The lowest BCUT2D eigenvalue weighted by molar-refractivity contribution is -0.520. The summed E-state index contributed by atoms with van der Waals surface area (Å²) in [5.74, 6) is 0. The first-order valence-corrected chi connectivity index (χ1v) is 15.0. The van der Waals surface area contributed by atoms with Gasteiger partial charge in [0.25, 0.3) is 0 Å². The Hall–Kier alpha value is -0.280. The van der Waals surface area contributed by atoms with Gasteiger partial charge in [-0.15, -0.1) is 0 Å². The quantitative estimate of drug-likeness (QED) is 0.0278. The minimum atomic E-state index is -5.73. The van der Waals surface area contributed by atoms with Gasteiger partial charge >= 0.3 is 36.4 Å². The molecule has 0 heterocycles. The highest BCUT2D eigenvalue weighted by Crippen LogP contribution is 2.48. The maximum absolute atomic E-state index is 11.5. The van der Waals surface area contributed by atoms with Crippen molar-refractivity contribution in [3.05, 3.63) is 0 Å². The van der Waals surface area contributed by atoms with Crippen LogP contribution in [0.25, 0.3) is 0 Å². The van der Waals surface area contributed by atoms with E-state index in [1.807, 2.05) is 0 Å². The molecule has 0 aromatic rings. The smallest absolute Gasteiger partial charge is 0.382 e. The molecule has 37 heavy (non-hydrogen) atoms. The summed E-state index contributed by atoms with van der Waals surface area (Å²) in [5, 5.41) is 12.0. The molecule has 0 radical (unpaired) electrons. The van der Waals surface area contributed by atoms with Crippen molar-refractivity contribution >= 4 is 36.4 Å². The van der Waals surface area contributed by atoms with Gasteiger partial charge in [-0.3, -0.25) is 18.2 Å². The minimum Gasteiger partial charge on any atom is -0.382 e. The Morgan fingerprint density at radius 2 is 1.11 bits per heavy atom. The van der Waals surface area contributed by atoms with Gasteiger partial charge in [0.2, 0.25) is 0 Å². The Kier molecular flexibility index (Phi) is 13.5. The predicted octanol–water partition coefficient (Wildman–Crippen LogP) is -2.83. The molecule has 222 valence electrons.